The van der Waals surface area contributed by atoms with Crippen molar-refractivity contribution in [1.82, 2.24) is 10.3 Å². The first kappa shape index (κ1) is 13.5. The van der Waals surface area contributed by atoms with Gasteiger partial charge in [-0.05, 0) is 13.8 Å². The highest BCUT2D eigenvalue weighted by Gasteiger charge is 2.21. The number of carbonyl (C=O) groups is 1. The molecule has 0 fully saturated rings. The number of oxazole rings is 1. The van der Waals surface area contributed by atoms with Crippen LogP contribution in [-0.4, -0.2) is 27.2 Å². The molecule has 1 aromatic heterocycles. The van der Waals surface area contributed by atoms with Crippen molar-refractivity contribution in [2.75, 3.05) is 6.54 Å². The standard InChI is InChI=1S/C11H15N3O2S2/c1-6-7(2)16-9(13-6)5-17-10-4-12-11(18-10)14-8(3)15/h10H,4-5H2,1-3H3,(H,12,14,15). The average molecular weight is 285 g/mol. The molecular formula is C11H15N3O2S2. The molecule has 1 amide bonds. The van der Waals surface area contributed by atoms with Crippen LogP contribution in [0.15, 0.2) is 9.41 Å². The fourth-order valence-corrected chi connectivity index (χ4v) is 3.56. The molecular weight excluding hydrogens is 270 g/mol. The minimum absolute atomic E-state index is 0.0779. The molecule has 0 aromatic carbocycles. The maximum atomic E-state index is 10.9. The summed E-state index contributed by atoms with van der Waals surface area (Å²) in [5.74, 6) is 2.28. The Morgan fingerprint density at radius 2 is 2.39 bits per heavy atom. The number of thioether (sulfide) groups is 2. The van der Waals surface area contributed by atoms with Gasteiger partial charge in [-0.2, -0.15) is 0 Å². The Labute approximate surface area is 114 Å². The number of amides is 1. The van der Waals surface area contributed by atoms with Gasteiger partial charge < -0.3 is 9.73 Å². The van der Waals surface area contributed by atoms with Crippen molar-refractivity contribution in [1.29, 1.82) is 0 Å². The molecule has 7 heteroatoms. The van der Waals surface area contributed by atoms with E-state index in [1.807, 2.05) is 13.8 Å². The monoisotopic (exact) mass is 285 g/mol. The van der Waals surface area contributed by atoms with Crippen LogP contribution in [0.2, 0.25) is 0 Å². The van der Waals surface area contributed by atoms with Crippen LogP contribution in [0.5, 0.6) is 0 Å². The van der Waals surface area contributed by atoms with Gasteiger partial charge in [0.2, 0.25) is 11.8 Å². The number of hydrogen-bond acceptors (Lipinski definition) is 6. The van der Waals surface area contributed by atoms with E-state index in [9.17, 15) is 4.79 Å². The van der Waals surface area contributed by atoms with Gasteiger partial charge in [-0.15, -0.1) is 11.8 Å². The van der Waals surface area contributed by atoms with Crippen LogP contribution in [-0.2, 0) is 10.5 Å². The molecule has 0 saturated carbocycles. The summed E-state index contributed by atoms with van der Waals surface area (Å²) in [4.78, 5) is 19.5. The number of aliphatic imine (C=N–C) groups is 1. The van der Waals surface area contributed by atoms with Crippen molar-refractivity contribution < 1.29 is 9.21 Å². The quantitative estimate of drug-likeness (QED) is 0.921. The molecule has 1 aliphatic rings. The summed E-state index contributed by atoms with van der Waals surface area (Å²) in [7, 11) is 0. The van der Waals surface area contributed by atoms with E-state index in [-0.39, 0.29) is 5.91 Å². The second-order valence-corrected chi connectivity index (χ2v) is 6.62. The number of aryl methyl sites for hydroxylation is 2. The number of nitrogens with one attached hydrogen (secondary N) is 1. The maximum Gasteiger partial charge on any atom is 0.222 e. The maximum absolute atomic E-state index is 10.9. The molecule has 0 saturated heterocycles. The Morgan fingerprint density at radius 3 is 3.00 bits per heavy atom. The molecule has 1 aromatic rings. The Morgan fingerprint density at radius 1 is 1.61 bits per heavy atom. The van der Waals surface area contributed by atoms with E-state index in [1.54, 1.807) is 23.5 Å². The van der Waals surface area contributed by atoms with E-state index in [1.165, 1.54) is 6.92 Å². The first-order chi connectivity index (χ1) is 8.54. The average Bonchev–Trinajstić information content (AvgIpc) is 2.84. The van der Waals surface area contributed by atoms with Gasteiger partial charge in [0.25, 0.3) is 0 Å². The van der Waals surface area contributed by atoms with Crippen LogP contribution in [0.3, 0.4) is 0 Å². The third-order valence-corrected chi connectivity index (χ3v) is 4.87. The Balaban J connectivity index is 1.78. The first-order valence-corrected chi connectivity index (χ1v) is 7.50. The van der Waals surface area contributed by atoms with Gasteiger partial charge in [0.1, 0.15) is 5.76 Å². The zero-order valence-corrected chi connectivity index (χ0v) is 12.2. The van der Waals surface area contributed by atoms with Crippen LogP contribution >= 0.6 is 23.5 Å². The predicted octanol–water partition coefficient (Wildman–Crippen LogP) is 2.09. The topological polar surface area (TPSA) is 67.5 Å². The predicted molar refractivity (Wildman–Crippen MR) is 74.8 cm³/mol. The molecule has 0 spiro atoms. The van der Waals surface area contributed by atoms with E-state index in [0.29, 0.717) is 16.3 Å². The van der Waals surface area contributed by atoms with Crippen LogP contribution in [0.25, 0.3) is 0 Å². The number of hydrogen-bond donors (Lipinski definition) is 1. The van der Waals surface area contributed by atoms with E-state index >= 15 is 0 Å². The smallest absolute Gasteiger partial charge is 0.222 e. The molecule has 1 aliphatic heterocycles. The number of nitrogens with zero attached hydrogens (tertiary/aromatic N) is 2. The fraction of sp³-hybridized carbons (Fsp3) is 0.545. The van der Waals surface area contributed by atoms with Crippen molar-refractivity contribution in [3.8, 4) is 0 Å². The van der Waals surface area contributed by atoms with Crippen molar-refractivity contribution >= 4 is 34.6 Å². The number of aromatic nitrogens is 1. The van der Waals surface area contributed by atoms with Crippen molar-refractivity contribution in [2.45, 2.75) is 31.1 Å². The molecule has 0 aliphatic carbocycles. The Hall–Kier alpha value is -0.950. The van der Waals surface area contributed by atoms with Crippen molar-refractivity contribution in [3.63, 3.8) is 0 Å². The first-order valence-electron chi connectivity index (χ1n) is 5.58. The van der Waals surface area contributed by atoms with Gasteiger partial charge in [-0.1, -0.05) is 11.8 Å². The van der Waals surface area contributed by atoms with Gasteiger partial charge in [0, 0.05) is 6.92 Å². The van der Waals surface area contributed by atoms with Crippen LogP contribution in [0, 0.1) is 13.8 Å². The zero-order chi connectivity index (χ0) is 13.1. The highest BCUT2D eigenvalue weighted by atomic mass is 32.2. The lowest BCUT2D eigenvalue weighted by Gasteiger charge is -2.05. The number of rotatable bonds is 3. The number of carbonyl (C=O) groups excluding carboxylic acids is 1. The normalized spacial score (nSPS) is 18.8. The molecule has 2 heterocycles. The summed E-state index contributed by atoms with van der Waals surface area (Å²) in [5, 5.41) is 3.41. The Kier molecular flexibility index (Phi) is 4.34. The van der Waals surface area contributed by atoms with Crippen molar-refractivity contribution in [2.24, 2.45) is 4.99 Å². The SMILES string of the molecule is CC(=O)NC1=NCC(SCc2nc(C)c(C)o2)S1. The van der Waals surface area contributed by atoms with E-state index in [4.69, 9.17) is 4.42 Å². The molecule has 1 unspecified atom stereocenters. The summed E-state index contributed by atoms with van der Waals surface area (Å²) in [5.41, 5.74) is 0.944. The summed E-state index contributed by atoms with van der Waals surface area (Å²) >= 11 is 3.31. The molecule has 18 heavy (non-hydrogen) atoms. The van der Waals surface area contributed by atoms with Gasteiger partial charge in [0.15, 0.2) is 5.17 Å². The van der Waals surface area contributed by atoms with E-state index in [0.717, 1.165) is 23.1 Å². The van der Waals surface area contributed by atoms with Crippen LogP contribution in [0.1, 0.15) is 24.3 Å². The highest BCUT2D eigenvalue weighted by molar-refractivity contribution is 8.25. The summed E-state index contributed by atoms with van der Waals surface area (Å²) in [6.07, 6.45) is 0. The highest BCUT2D eigenvalue weighted by Crippen LogP contribution is 2.31. The van der Waals surface area contributed by atoms with E-state index < -0.39 is 0 Å². The third-order valence-electron chi connectivity index (χ3n) is 2.38. The van der Waals surface area contributed by atoms with Gasteiger partial charge in [0.05, 0.1) is 22.6 Å². The largest absolute Gasteiger partial charge is 0.445 e. The second-order valence-electron chi connectivity index (χ2n) is 3.93. The minimum atomic E-state index is -0.0779. The lowest BCUT2D eigenvalue weighted by molar-refractivity contribution is -0.117. The zero-order valence-electron chi connectivity index (χ0n) is 10.5. The summed E-state index contributed by atoms with van der Waals surface area (Å²) < 4.78 is 5.84. The van der Waals surface area contributed by atoms with Crippen LogP contribution in [0.4, 0.5) is 0 Å². The molecule has 5 nitrogen and oxygen atoms in total. The van der Waals surface area contributed by atoms with Gasteiger partial charge in [-0.3, -0.25) is 9.79 Å². The molecule has 1 atom stereocenters. The lowest BCUT2D eigenvalue weighted by Crippen LogP contribution is -2.24. The second kappa shape index (κ2) is 5.79. The molecule has 1 N–H and O–H groups in total. The summed E-state index contributed by atoms with van der Waals surface area (Å²) in [6.45, 7) is 6.06. The Bertz CT molecular complexity index is 465. The van der Waals surface area contributed by atoms with Gasteiger partial charge in [-0.25, -0.2) is 4.98 Å². The minimum Gasteiger partial charge on any atom is -0.445 e. The fourth-order valence-electron chi connectivity index (χ4n) is 1.43. The third kappa shape index (κ3) is 3.52. The van der Waals surface area contributed by atoms with E-state index in [2.05, 4.69) is 15.3 Å². The number of amidine groups is 1. The van der Waals surface area contributed by atoms with Crippen LogP contribution < -0.4 is 5.32 Å². The molecule has 98 valence electrons. The van der Waals surface area contributed by atoms with Gasteiger partial charge >= 0.3 is 0 Å². The lowest BCUT2D eigenvalue weighted by atomic mass is 10.4. The molecule has 0 radical (unpaired) electrons. The molecule has 2 rings (SSSR count). The molecule has 0 bridgehead atoms. The summed E-state index contributed by atoms with van der Waals surface area (Å²) in [6, 6.07) is 0. The van der Waals surface area contributed by atoms with Crippen molar-refractivity contribution in [3.05, 3.63) is 17.3 Å².